The molecule has 0 saturated carbocycles. The van der Waals surface area contributed by atoms with Gasteiger partial charge in [-0.1, -0.05) is 19.8 Å². The van der Waals surface area contributed by atoms with Crippen LogP contribution in [0.1, 0.15) is 31.9 Å². The van der Waals surface area contributed by atoms with Crippen LogP contribution in [0.3, 0.4) is 0 Å². The Balaban J connectivity index is 2.27. The van der Waals surface area contributed by atoms with Gasteiger partial charge in [0.05, 0.1) is 5.03 Å². The minimum atomic E-state index is 0.969. The highest BCUT2D eigenvalue weighted by molar-refractivity contribution is 7.80. The molecule has 0 radical (unpaired) electrons. The summed E-state index contributed by atoms with van der Waals surface area (Å²) in [5, 5.41) is 0.969. The van der Waals surface area contributed by atoms with Crippen molar-refractivity contribution in [2.45, 2.75) is 37.6 Å². The molecule has 0 aliphatic carbocycles. The molecule has 0 aliphatic rings. The third kappa shape index (κ3) is 3.02. The van der Waals surface area contributed by atoms with E-state index < -0.39 is 0 Å². The third-order valence-electron chi connectivity index (χ3n) is 1.78. The van der Waals surface area contributed by atoms with Gasteiger partial charge in [-0.2, -0.15) is 0 Å². The van der Waals surface area contributed by atoms with E-state index >= 15 is 0 Å². The maximum Gasteiger partial charge on any atom is 0.0692 e. The minimum absolute atomic E-state index is 0.969. The monoisotopic (exact) mass is 169 g/mol. The Bertz CT molecular complexity index is 205. The van der Waals surface area contributed by atoms with E-state index in [-0.39, 0.29) is 0 Å². The molecule has 1 aromatic heterocycles. The van der Waals surface area contributed by atoms with Gasteiger partial charge in [-0.25, -0.2) is 0 Å². The van der Waals surface area contributed by atoms with Gasteiger partial charge in [0, 0.05) is 5.69 Å². The zero-order valence-corrected chi connectivity index (χ0v) is 7.82. The number of aromatic nitrogens is 1. The molecule has 1 rings (SSSR count). The summed E-state index contributed by atoms with van der Waals surface area (Å²) in [6, 6.07) is 4.11. The molecule has 11 heavy (non-hydrogen) atoms. The van der Waals surface area contributed by atoms with E-state index in [0.29, 0.717) is 0 Å². The summed E-state index contributed by atoms with van der Waals surface area (Å²) < 4.78 is 0. The van der Waals surface area contributed by atoms with Crippen LogP contribution in [0.5, 0.6) is 0 Å². The topological polar surface area (TPSA) is 15.8 Å². The Morgan fingerprint density at radius 2 is 2.18 bits per heavy atom. The lowest BCUT2D eigenvalue weighted by atomic mass is 10.2. The molecule has 1 N–H and O–H groups in total. The van der Waals surface area contributed by atoms with Gasteiger partial charge in [0.2, 0.25) is 0 Å². The molecule has 62 valence electrons. The van der Waals surface area contributed by atoms with Crippen LogP contribution in [0.2, 0.25) is 0 Å². The van der Waals surface area contributed by atoms with Gasteiger partial charge in [-0.15, -0.1) is 12.6 Å². The zero-order chi connectivity index (χ0) is 8.10. The van der Waals surface area contributed by atoms with Crippen LogP contribution in [-0.2, 0) is 6.42 Å². The Morgan fingerprint density at radius 1 is 1.36 bits per heavy atom. The number of hydrogen-bond donors (Lipinski definition) is 2. The summed E-state index contributed by atoms with van der Waals surface area (Å²) in [5.41, 5.74) is 1.31. The molecular weight excluding hydrogens is 154 g/mol. The molecular formula is C9H15NS. The van der Waals surface area contributed by atoms with E-state index in [0.717, 1.165) is 11.4 Å². The van der Waals surface area contributed by atoms with Crippen LogP contribution >= 0.6 is 12.6 Å². The van der Waals surface area contributed by atoms with Gasteiger partial charge in [-0.05, 0) is 25.0 Å². The van der Waals surface area contributed by atoms with Crippen molar-refractivity contribution in [3.05, 3.63) is 17.8 Å². The van der Waals surface area contributed by atoms with Crippen molar-refractivity contribution in [3.8, 4) is 0 Å². The van der Waals surface area contributed by atoms with Gasteiger partial charge in [0.25, 0.3) is 0 Å². The van der Waals surface area contributed by atoms with Crippen LogP contribution in [0.15, 0.2) is 17.2 Å². The number of rotatable bonds is 4. The number of H-pyrrole nitrogens is 1. The Hall–Kier alpha value is -0.370. The summed E-state index contributed by atoms with van der Waals surface area (Å²) in [5.74, 6) is 0. The number of aryl methyl sites for hydroxylation is 1. The molecule has 0 fully saturated rings. The minimum Gasteiger partial charge on any atom is -0.354 e. The maximum absolute atomic E-state index is 4.19. The number of hydrogen-bond acceptors (Lipinski definition) is 1. The Kier molecular flexibility index (Phi) is 3.57. The fourth-order valence-corrected chi connectivity index (χ4v) is 1.36. The van der Waals surface area contributed by atoms with Crippen LogP contribution in [0.4, 0.5) is 0 Å². The highest BCUT2D eigenvalue weighted by Crippen LogP contribution is 2.08. The number of thiol groups is 1. The highest BCUT2D eigenvalue weighted by atomic mass is 32.1. The van der Waals surface area contributed by atoms with E-state index in [2.05, 4.69) is 30.6 Å². The number of nitrogens with one attached hydrogen (secondary N) is 1. The van der Waals surface area contributed by atoms with Crippen LogP contribution in [0, 0.1) is 0 Å². The van der Waals surface area contributed by atoms with Gasteiger partial charge in [-0.3, -0.25) is 0 Å². The molecule has 0 atom stereocenters. The molecule has 0 saturated heterocycles. The van der Waals surface area contributed by atoms with E-state index in [9.17, 15) is 0 Å². The molecule has 1 aromatic rings. The SMILES string of the molecule is CCCCCc1ccc(S)[nH]1. The smallest absolute Gasteiger partial charge is 0.0692 e. The summed E-state index contributed by atoms with van der Waals surface area (Å²) in [6.07, 6.45) is 5.05. The average molecular weight is 169 g/mol. The van der Waals surface area contributed by atoms with E-state index in [1.165, 1.54) is 25.0 Å². The number of unbranched alkanes of at least 4 members (excludes halogenated alkanes) is 2. The van der Waals surface area contributed by atoms with Crippen molar-refractivity contribution in [2.24, 2.45) is 0 Å². The van der Waals surface area contributed by atoms with Crippen LogP contribution in [0.25, 0.3) is 0 Å². The lowest BCUT2D eigenvalue weighted by Gasteiger charge is -1.95. The largest absolute Gasteiger partial charge is 0.354 e. The second-order valence-corrected chi connectivity index (χ2v) is 3.31. The first-order valence-corrected chi connectivity index (χ1v) is 4.64. The molecule has 0 bridgehead atoms. The standard InChI is InChI=1S/C9H15NS/c1-2-3-4-5-8-6-7-9(11)10-8/h6-7,10-11H,2-5H2,1H3. The molecule has 2 heteroatoms. The fraction of sp³-hybridized carbons (Fsp3) is 0.556. The number of aromatic amines is 1. The van der Waals surface area contributed by atoms with Gasteiger partial charge >= 0.3 is 0 Å². The van der Waals surface area contributed by atoms with Gasteiger partial charge in [0.15, 0.2) is 0 Å². The maximum atomic E-state index is 4.19. The molecule has 0 aromatic carbocycles. The average Bonchev–Trinajstić information content (AvgIpc) is 2.37. The van der Waals surface area contributed by atoms with Gasteiger partial charge in [0.1, 0.15) is 0 Å². The Morgan fingerprint density at radius 3 is 2.73 bits per heavy atom. The molecule has 0 unspecified atom stereocenters. The van der Waals surface area contributed by atoms with E-state index in [1.54, 1.807) is 0 Å². The summed E-state index contributed by atoms with van der Waals surface area (Å²) in [7, 11) is 0. The second kappa shape index (κ2) is 4.50. The lowest BCUT2D eigenvalue weighted by molar-refractivity contribution is 0.707. The normalized spacial score (nSPS) is 10.4. The van der Waals surface area contributed by atoms with Crippen molar-refractivity contribution in [1.82, 2.24) is 4.98 Å². The second-order valence-electron chi connectivity index (χ2n) is 2.83. The quantitative estimate of drug-likeness (QED) is 0.509. The van der Waals surface area contributed by atoms with E-state index in [4.69, 9.17) is 0 Å². The Labute approximate surface area is 73.6 Å². The first-order valence-electron chi connectivity index (χ1n) is 4.19. The van der Waals surface area contributed by atoms with E-state index in [1.807, 2.05) is 6.07 Å². The fourth-order valence-electron chi connectivity index (χ4n) is 1.14. The summed E-state index contributed by atoms with van der Waals surface area (Å²) in [4.78, 5) is 3.20. The summed E-state index contributed by atoms with van der Waals surface area (Å²) >= 11 is 4.19. The predicted octanol–water partition coefficient (Wildman–Crippen LogP) is 3.04. The van der Waals surface area contributed by atoms with Crippen molar-refractivity contribution in [3.63, 3.8) is 0 Å². The third-order valence-corrected chi connectivity index (χ3v) is 2.04. The van der Waals surface area contributed by atoms with Crippen LogP contribution in [-0.4, -0.2) is 4.98 Å². The van der Waals surface area contributed by atoms with Crippen molar-refractivity contribution < 1.29 is 0 Å². The molecule has 0 spiro atoms. The predicted molar refractivity (Wildman–Crippen MR) is 51.3 cm³/mol. The molecule has 1 heterocycles. The molecule has 1 nitrogen and oxygen atoms in total. The first-order chi connectivity index (χ1) is 5.33. The van der Waals surface area contributed by atoms with Crippen molar-refractivity contribution in [1.29, 1.82) is 0 Å². The molecule has 0 aliphatic heterocycles. The van der Waals surface area contributed by atoms with Crippen LogP contribution < -0.4 is 0 Å². The highest BCUT2D eigenvalue weighted by Gasteiger charge is 1.94. The van der Waals surface area contributed by atoms with Crippen molar-refractivity contribution in [2.75, 3.05) is 0 Å². The summed E-state index contributed by atoms with van der Waals surface area (Å²) in [6.45, 7) is 2.22. The zero-order valence-electron chi connectivity index (χ0n) is 6.93. The van der Waals surface area contributed by atoms with Gasteiger partial charge < -0.3 is 4.98 Å². The van der Waals surface area contributed by atoms with Crippen molar-refractivity contribution >= 4 is 12.6 Å². The first kappa shape index (κ1) is 8.72. The lowest BCUT2D eigenvalue weighted by Crippen LogP contribution is -1.84. The molecule has 0 amide bonds.